The molecule has 0 fully saturated rings. The van der Waals surface area contributed by atoms with Gasteiger partial charge in [0, 0.05) is 12.3 Å². The van der Waals surface area contributed by atoms with Crippen LogP contribution in [0, 0.1) is 0 Å². The predicted octanol–water partition coefficient (Wildman–Crippen LogP) is 4.57. The Labute approximate surface area is 154 Å². The van der Waals surface area contributed by atoms with E-state index in [1.807, 2.05) is 37.3 Å². The summed E-state index contributed by atoms with van der Waals surface area (Å²) in [6.45, 7) is 2.38. The molecule has 0 spiro atoms. The van der Waals surface area contributed by atoms with Crippen LogP contribution in [-0.4, -0.2) is 24.1 Å². The van der Waals surface area contributed by atoms with Crippen LogP contribution in [0.1, 0.15) is 18.1 Å². The van der Waals surface area contributed by atoms with Gasteiger partial charge in [-0.15, -0.1) is 24.9 Å². The number of carbonyl (C=O) groups is 1. The van der Waals surface area contributed by atoms with E-state index in [1.165, 1.54) is 23.9 Å². The predicted molar refractivity (Wildman–Crippen MR) is 97.0 cm³/mol. The molecule has 0 saturated heterocycles. The van der Waals surface area contributed by atoms with Gasteiger partial charge in [-0.3, -0.25) is 4.79 Å². The minimum Gasteiger partial charge on any atom is -0.406 e. The average Bonchev–Trinajstić information content (AvgIpc) is 2.60. The Balaban J connectivity index is 1.71. The van der Waals surface area contributed by atoms with Crippen molar-refractivity contribution in [2.45, 2.75) is 30.7 Å². The zero-order valence-electron chi connectivity index (χ0n) is 14.3. The van der Waals surface area contributed by atoms with E-state index in [2.05, 4.69) is 10.1 Å². The Morgan fingerprint density at radius 1 is 1.08 bits per heavy atom. The van der Waals surface area contributed by atoms with Crippen LogP contribution in [0.2, 0.25) is 0 Å². The van der Waals surface area contributed by atoms with Gasteiger partial charge in [0.2, 0.25) is 5.91 Å². The smallest absolute Gasteiger partial charge is 0.406 e. The quantitative estimate of drug-likeness (QED) is 0.726. The fourth-order valence-corrected chi connectivity index (χ4v) is 3.07. The van der Waals surface area contributed by atoms with Crippen LogP contribution in [0.15, 0.2) is 54.6 Å². The Kier molecular flexibility index (Phi) is 7.38. The van der Waals surface area contributed by atoms with Gasteiger partial charge in [0.15, 0.2) is 0 Å². The van der Waals surface area contributed by atoms with Crippen molar-refractivity contribution in [3.63, 3.8) is 0 Å². The van der Waals surface area contributed by atoms with Crippen molar-refractivity contribution >= 4 is 17.7 Å². The molecule has 7 heteroatoms. The molecule has 1 atom stereocenters. The van der Waals surface area contributed by atoms with E-state index < -0.39 is 6.36 Å². The van der Waals surface area contributed by atoms with Crippen LogP contribution in [0.5, 0.6) is 5.75 Å². The van der Waals surface area contributed by atoms with Crippen LogP contribution in [0.3, 0.4) is 0 Å². The summed E-state index contributed by atoms with van der Waals surface area (Å²) in [6.07, 6.45) is -3.92. The van der Waals surface area contributed by atoms with Crippen LogP contribution in [0.25, 0.3) is 0 Å². The molecule has 1 N–H and O–H groups in total. The van der Waals surface area contributed by atoms with E-state index in [9.17, 15) is 18.0 Å². The molecule has 2 aromatic carbocycles. The first-order valence-electron chi connectivity index (χ1n) is 8.11. The topological polar surface area (TPSA) is 38.3 Å². The third-order valence-electron chi connectivity index (χ3n) is 3.58. The van der Waals surface area contributed by atoms with Crippen molar-refractivity contribution in [2.24, 2.45) is 0 Å². The Bertz CT molecular complexity index is 690. The number of nitrogens with one attached hydrogen (secondary N) is 1. The number of benzene rings is 2. The maximum Gasteiger partial charge on any atom is 0.573 e. The van der Waals surface area contributed by atoms with Crippen molar-refractivity contribution in [2.75, 3.05) is 6.54 Å². The second-order valence-electron chi connectivity index (χ2n) is 5.67. The van der Waals surface area contributed by atoms with Gasteiger partial charge in [0.05, 0.1) is 5.25 Å². The highest BCUT2D eigenvalue weighted by molar-refractivity contribution is 7.99. The zero-order chi connectivity index (χ0) is 19.0. The Morgan fingerprint density at radius 2 is 1.73 bits per heavy atom. The number of amides is 1. The number of halogens is 3. The minimum absolute atomic E-state index is 0.0528. The van der Waals surface area contributed by atoms with E-state index in [1.54, 1.807) is 12.1 Å². The standard InChI is InChI=1S/C19H20F3NO2S/c1-14(18(24)23-12-11-15-5-3-2-4-6-15)26-13-16-7-9-17(10-8-16)25-19(20,21)22/h2-10,14H,11-13H2,1H3,(H,23,24). The third kappa shape index (κ3) is 7.39. The van der Waals surface area contributed by atoms with Gasteiger partial charge in [0.25, 0.3) is 0 Å². The van der Waals surface area contributed by atoms with Gasteiger partial charge in [0.1, 0.15) is 5.75 Å². The number of ether oxygens (including phenoxy) is 1. The molecule has 0 aliphatic heterocycles. The lowest BCUT2D eigenvalue weighted by molar-refractivity contribution is -0.274. The monoisotopic (exact) mass is 383 g/mol. The lowest BCUT2D eigenvalue weighted by Crippen LogP contribution is -2.32. The summed E-state index contributed by atoms with van der Waals surface area (Å²) >= 11 is 1.43. The van der Waals surface area contributed by atoms with Crippen LogP contribution < -0.4 is 10.1 Å². The van der Waals surface area contributed by atoms with Crippen molar-refractivity contribution in [3.05, 3.63) is 65.7 Å². The highest BCUT2D eigenvalue weighted by Crippen LogP contribution is 2.24. The summed E-state index contributed by atoms with van der Waals surface area (Å²) in [5.74, 6) is 0.223. The molecule has 1 amide bonds. The molecule has 2 rings (SSSR count). The number of hydrogen-bond donors (Lipinski definition) is 1. The number of rotatable bonds is 8. The Hall–Kier alpha value is -2.15. The molecule has 0 bridgehead atoms. The van der Waals surface area contributed by atoms with E-state index in [4.69, 9.17) is 0 Å². The summed E-state index contributed by atoms with van der Waals surface area (Å²) in [7, 11) is 0. The second-order valence-corrected chi connectivity index (χ2v) is 7.00. The fourth-order valence-electron chi connectivity index (χ4n) is 2.20. The fraction of sp³-hybridized carbons (Fsp3) is 0.316. The third-order valence-corrected chi connectivity index (χ3v) is 4.80. The first-order valence-corrected chi connectivity index (χ1v) is 9.16. The molecular weight excluding hydrogens is 363 g/mol. The molecule has 0 radical (unpaired) electrons. The van der Waals surface area contributed by atoms with Gasteiger partial charge in [-0.25, -0.2) is 0 Å². The van der Waals surface area contributed by atoms with E-state index >= 15 is 0 Å². The maximum atomic E-state index is 12.1. The largest absolute Gasteiger partial charge is 0.573 e. The lowest BCUT2D eigenvalue weighted by atomic mass is 10.1. The number of hydrogen-bond acceptors (Lipinski definition) is 3. The lowest BCUT2D eigenvalue weighted by Gasteiger charge is -2.13. The Morgan fingerprint density at radius 3 is 2.35 bits per heavy atom. The van der Waals surface area contributed by atoms with Gasteiger partial charge < -0.3 is 10.1 Å². The van der Waals surface area contributed by atoms with Crippen molar-refractivity contribution in [1.82, 2.24) is 5.32 Å². The van der Waals surface area contributed by atoms with E-state index in [0.29, 0.717) is 12.3 Å². The molecule has 2 aromatic rings. The minimum atomic E-state index is -4.69. The zero-order valence-corrected chi connectivity index (χ0v) is 15.1. The molecule has 1 unspecified atom stereocenters. The summed E-state index contributed by atoms with van der Waals surface area (Å²) in [5.41, 5.74) is 1.99. The molecular formula is C19H20F3NO2S. The molecule has 26 heavy (non-hydrogen) atoms. The average molecular weight is 383 g/mol. The first kappa shape index (κ1) is 20.2. The molecule has 0 aliphatic carbocycles. The molecule has 0 heterocycles. The molecule has 0 aromatic heterocycles. The van der Waals surface area contributed by atoms with Crippen LogP contribution >= 0.6 is 11.8 Å². The van der Waals surface area contributed by atoms with Crippen molar-refractivity contribution in [3.8, 4) is 5.75 Å². The van der Waals surface area contributed by atoms with Gasteiger partial charge in [-0.05, 0) is 36.6 Å². The normalized spacial score (nSPS) is 12.5. The van der Waals surface area contributed by atoms with E-state index in [0.717, 1.165) is 17.5 Å². The number of alkyl halides is 3. The molecule has 0 aliphatic rings. The van der Waals surface area contributed by atoms with Gasteiger partial charge in [-0.1, -0.05) is 42.5 Å². The number of thioether (sulfide) groups is 1. The molecule has 0 saturated carbocycles. The van der Waals surface area contributed by atoms with Crippen LogP contribution in [0.4, 0.5) is 13.2 Å². The van der Waals surface area contributed by atoms with Gasteiger partial charge in [-0.2, -0.15) is 0 Å². The molecule has 3 nitrogen and oxygen atoms in total. The van der Waals surface area contributed by atoms with Crippen molar-refractivity contribution < 1.29 is 22.7 Å². The highest BCUT2D eigenvalue weighted by Gasteiger charge is 2.30. The summed E-state index contributed by atoms with van der Waals surface area (Å²) < 4.78 is 40.2. The summed E-state index contributed by atoms with van der Waals surface area (Å²) in [4.78, 5) is 12.1. The van der Waals surface area contributed by atoms with E-state index in [-0.39, 0.29) is 16.9 Å². The maximum absolute atomic E-state index is 12.1. The number of carbonyl (C=O) groups excluding carboxylic acids is 1. The summed E-state index contributed by atoms with van der Waals surface area (Å²) in [5, 5.41) is 2.64. The SMILES string of the molecule is CC(SCc1ccc(OC(F)(F)F)cc1)C(=O)NCCc1ccccc1. The summed E-state index contributed by atoms with van der Waals surface area (Å²) in [6, 6.07) is 15.6. The second kappa shape index (κ2) is 9.52. The van der Waals surface area contributed by atoms with Gasteiger partial charge >= 0.3 is 6.36 Å². The molecule has 140 valence electrons. The highest BCUT2D eigenvalue weighted by atomic mass is 32.2. The van der Waals surface area contributed by atoms with Crippen LogP contribution in [-0.2, 0) is 17.0 Å². The first-order chi connectivity index (χ1) is 12.3. The van der Waals surface area contributed by atoms with Crippen molar-refractivity contribution in [1.29, 1.82) is 0 Å².